The Kier molecular flexibility index (Phi) is 5.48. The third-order valence-electron chi connectivity index (χ3n) is 5.05. The third-order valence-corrected chi connectivity index (χ3v) is 6.14. The van der Waals surface area contributed by atoms with Crippen molar-refractivity contribution in [1.82, 2.24) is 5.32 Å². The van der Waals surface area contributed by atoms with E-state index in [0.717, 1.165) is 17.3 Å². The quantitative estimate of drug-likeness (QED) is 0.907. The first-order chi connectivity index (χ1) is 10.3. The minimum Gasteiger partial charge on any atom is -0.371 e. The highest BCUT2D eigenvalue weighted by Crippen LogP contribution is 2.28. The van der Waals surface area contributed by atoms with Crippen LogP contribution in [0, 0.1) is 0 Å². The fraction of sp³-hybridized carbons (Fsp3) is 0.667. The summed E-state index contributed by atoms with van der Waals surface area (Å²) in [6.07, 6.45) is 10.4. The Bertz CT molecular complexity index is 414. The molecule has 2 atom stereocenters. The minimum absolute atomic E-state index is 0.732. The highest BCUT2D eigenvalue weighted by atomic mass is 32.2. The SMILES string of the molecule is CSC1CCCC(NC2CCN(c3ccccc3)CC2)C1. The molecule has 0 amide bonds. The molecule has 3 rings (SSSR count). The lowest BCUT2D eigenvalue weighted by Gasteiger charge is -2.37. The van der Waals surface area contributed by atoms with Crippen molar-refractivity contribution in [3.8, 4) is 0 Å². The van der Waals surface area contributed by atoms with E-state index in [2.05, 4.69) is 58.6 Å². The summed E-state index contributed by atoms with van der Waals surface area (Å²) in [5.41, 5.74) is 1.39. The first-order valence-corrected chi connectivity index (χ1v) is 9.73. The molecule has 0 radical (unpaired) electrons. The lowest BCUT2D eigenvalue weighted by Crippen LogP contribution is -2.47. The zero-order chi connectivity index (χ0) is 14.5. The summed E-state index contributed by atoms with van der Waals surface area (Å²) in [6, 6.07) is 12.4. The number of piperidine rings is 1. The molecule has 3 heteroatoms. The van der Waals surface area contributed by atoms with Gasteiger partial charge in [0.05, 0.1) is 0 Å². The maximum atomic E-state index is 3.95. The van der Waals surface area contributed by atoms with Gasteiger partial charge in [-0.05, 0) is 50.5 Å². The second kappa shape index (κ2) is 7.55. The van der Waals surface area contributed by atoms with Crippen LogP contribution in [0.15, 0.2) is 30.3 Å². The molecule has 1 saturated heterocycles. The summed E-state index contributed by atoms with van der Waals surface area (Å²) >= 11 is 2.06. The predicted molar refractivity (Wildman–Crippen MR) is 94.4 cm³/mol. The van der Waals surface area contributed by atoms with Crippen LogP contribution in [0.25, 0.3) is 0 Å². The molecule has 1 saturated carbocycles. The summed E-state index contributed by atoms with van der Waals surface area (Å²) in [4.78, 5) is 2.53. The summed E-state index contributed by atoms with van der Waals surface area (Å²) in [5.74, 6) is 0. The predicted octanol–water partition coefficient (Wildman–Crippen LogP) is 3.92. The van der Waals surface area contributed by atoms with Crippen LogP contribution in [0.2, 0.25) is 0 Å². The Hall–Kier alpha value is -0.670. The van der Waals surface area contributed by atoms with Gasteiger partial charge in [-0.3, -0.25) is 0 Å². The average Bonchev–Trinajstić information content (AvgIpc) is 2.56. The van der Waals surface area contributed by atoms with E-state index in [1.807, 2.05) is 0 Å². The Morgan fingerprint density at radius 3 is 2.48 bits per heavy atom. The second-order valence-electron chi connectivity index (χ2n) is 6.48. The van der Waals surface area contributed by atoms with E-state index in [9.17, 15) is 0 Å². The Labute approximate surface area is 133 Å². The number of para-hydroxylation sites is 1. The molecule has 0 aromatic heterocycles. The molecular weight excluding hydrogens is 276 g/mol. The lowest BCUT2D eigenvalue weighted by atomic mass is 9.93. The molecule has 21 heavy (non-hydrogen) atoms. The van der Waals surface area contributed by atoms with Crippen LogP contribution in [0.3, 0.4) is 0 Å². The van der Waals surface area contributed by atoms with Crippen molar-refractivity contribution >= 4 is 17.4 Å². The van der Waals surface area contributed by atoms with Gasteiger partial charge in [0.15, 0.2) is 0 Å². The number of hydrogen-bond donors (Lipinski definition) is 1. The molecule has 1 heterocycles. The minimum atomic E-state index is 0.732. The molecule has 0 spiro atoms. The van der Waals surface area contributed by atoms with E-state index in [1.54, 1.807) is 0 Å². The van der Waals surface area contributed by atoms with Crippen LogP contribution in [0.1, 0.15) is 38.5 Å². The van der Waals surface area contributed by atoms with Gasteiger partial charge in [-0.2, -0.15) is 11.8 Å². The highest BCUT2D eigenvalue weighted by Gasteiger charge is 2.25. The number of nitrogens with zero attached hydrogens (tertiary/aromatic N) is 1. The number of nitrogens with one attached hydrogen (secondary N) is 1. The van der Waals surface area contributed by atoms with Crippen molar-refractivity contribution in [1.29, 1.82) is 0 Å². The van der Waals surface area contributed by atoms with Crippen LogP contribution in [0.5, 0.6) is 0 Å². The van der Waals surface area contributed by atoms with Gasteiger partial charge in [-0.25, -0.2) is 0 Å². The Morgan fingerprint density at radius 2 is 1.76 bits per heavy atom. The molecular formula is C18H28N2S. The highest BCUT2D eigenvalue weighted by molar-refractivity contribution is 7.99. The number of thioether (sulfide) groups is 1. The monoisotopic (exact) mass is 304 g/mol. The smallest absolute Gasteiger partial charge is 0.0366 e. The number of benzene rings is 1. The molecule has 1 aromatic carbocycles. The normalized spacial score (nSPS) is 27.8. The number of hydrogen-bond acceptors (Lipinski definition) is 3. The summed E-state index contributed by atoms with van der Waals surface area (Å²) in [6.45, 7) is 2.39. The van der Waals surface area contributed by atoms with Gasteiger partial charge in [0, 0.05) is 36.1 Å². The van der Waals surface area contributed by atoms with E-state index in [1.165, 1.54) is 57.3 Å². The van der Waals surface area contributed by atoms with Crippen LogP contribution in [-0.2, 0) is 0 Å². The maximum Gasteiger partial charge on any atom is 0.0366 e. The molecule has 1 aliphatic carbocycles. The topological polar surface area (TPSA) is 15.3 Å². The van der Waals surface area contributed by atoms with Crippen LogP contribution >= 0.6 is 11.8 Å². The Balaban J connectivity index is 1.45. The molecule has 1 aliphatic heterocycles. The number of rotatable bonds is 4. The zero-order valence-corrected chi connectivity index (χ0v) is 13.9. The Morgan fingerprint density at radius 1 is 1.00 bits per heavy atom. The molecule has 2 fully saturated rings. The molecule has 2 nitrogen and oxygen atoms in total. The average molecular weight is 305 g/mol. The third kappa shape index (κ3) is 4.17. The van der Waals surface area contributed by atoms with Gasteiger partial charge in [0.25, 0.3) is 0 Å². The van der Waals surface area contributed by atoms with Crippen LogP contribution in [-0.4, -0.2) is 36.7 Å². The lowest BCUT2D eigenvalue weighted by molar-refractivity contribution is 0.311. The van der Waals surface area contributed by atoms with Crippen molar-refractivity contribution in [2.24, 2.45) is 0 Å². The maximum absolute atomic E-state index is 3.95. The van der Waals surface area contributed by atoms with Crippen LogP contribution < -0.4 is 10.2 Å². The summed E-state index contributed by atoms with van der Waals surface area (Å²) in [7, 11) is 0. The summed E-state index contributed by atoms with van der Waals surface area (Å²) in [5, 5.41) is 4.84. The van der Waals surface area contributed by atoms with Crippen LogP contribution in [0.4, 0.5) is 5.69 Å². The molecule has 2 unspecified atom stereocenters. The van der Waals surface area contributed by atoms with E-state index in [4.69, 9.17) is 0 Å². The van der Waals surface area contributed by atoms with Gasteiger partial charge in [-0.1, -0.05) is 24.6 Å². The van der Waals surface area contributed by atoms with E-state index in [0.29, 0.717) is 0 Å². The molecule has 1 N–H and O–H groups in total. The van der Waals surface area contributed by atoms with Gasteiger partial charge in [-0.15, -0.1) is 0 Å². The van der Waals surface area contributed by atoms with Crippen molar-refractivity contribution in [3.05, 3.63) is 30.3 Å². The fourth-order valence-electron chi connectivity index (χ4n) is 3.79. The summed E-state index contributed by atoms with van der Waals surface area (Å²) < 4.78 is 0. The van der Waals surface area contributed by atoms with Gasteiger partial charge >= 0.3 is 0 Å². The second-order valence-corrected chi connectivity index (χ2v) is 7.62. The van der Waals surface area contributed by atoms with E-state index in [-0.39, 0.29) is 0 Å². The largest absolute Gasteiger partial charge is 0.371 e. The van der Waals surface area contributed by atoms with Gasteiger partial charge in [0.2, 0.25) is 0 Å². The molecule has 1 aromatic rings. The first kappa shape index (κ1) is 15.2. The van der Waals surface area contributed by atoms with Gasteiger partial charge < -0.3 is 10.2 Å². The van der Waals surface area contributed by atoms with Crippen molar-refractivity contribution in [2.75, 3.05) is 24.2 Å². The van der Waals surface area contributed by atoms with Crippen molar-refractivity contribution in [3.63, 3.8) is 0 Å². The van der Waals surface area contributed by atoms with E-state index < -0.39 is 0 Å². The zero-order valence-electron chi connectivity index (χ0n) is 13.1. The number of anilines is 1. The van der Waals surface area contributed by atoms with Gasteiger partial charge in [0.1, 0.15) is 0 Å². The molecule has 2 aliphatic rings. The van der Waals surface area contributed by atoms with E-state index >= 15 is 0 Å². The molecule has 0 bridgehead atoms. The fourth-order valence-corrected chi connectivity index (χ4v) is 4.61. The standard InChI is InChI=1S/C18H28N2S/c1-21-18-9-5-6-16(14-18)19-15-10-12-20(13-11-15)17-7-3-2-4-8-17/h2-4,7-8,15-16,18-19H,5-6,9-14H2,1H3. The van der Waals surface area contributed by atoms with Crippen molar-refractivity contribution in [2.45, 2.75) is 55.9 Å². The molecule has 116 valence electrons. The first-order valence-electron chi connectivity index (χ1n) is 8.44. The van der Waals surface area contributed by atoms with Crippen molar-refractivity contribution < 1.29 is 0 Å².